The number of benzene rings is 1. The van der Waals surface area contributed by atoms with Crippen LogP contribution in [0.15, 0.2) is 41.2 Å². The second kappa shape index (κ2) is 4.73. The summed E-state index contributed by atoms with van der Waals surface area (Å²) >= 11 is 0. The molecule has 0 aliphatic carbocycles. The summed E-state index contributed by atoms with van der Waals surface area (Å²) in [4.78, 5) is 8.26. The minimum atomic E-state index is -0.296. The maximum Gasteiger partial charge on any atom is 0.259 e. The van der Waals surface area contributed by atoms with Gasteiger partial charge in [-0.05, 0) is 36.8 Å². The molecule has 0 aliphatic rings. The number of hydrogen-bond acceptors (Lipinski definition) is 5. The highest BCUT2D eigenvalue weighted by Gasteiger charge is 2.13. The van der Waals surface area contributed by atoms with Crippen molar-refractivity contribution in [2.24, 2.45) is 0 Å². The fraction of sp³-hybridized carbons (Fsp3) is 0.0714. The summed E-state index contributed by atoms with van der Waals surface area (Å²) in [6.07, 6.45) is 3.12. The first-order chi connectivity index (χ1) is 9.63. The fourth-order valence-electron chi connectivity index (χ4n) is 1.90. The first kappa shape index (κ1) is 12.3. The van der Waals surface area contributed by atoms with Crippen LogP contribution in [0.5, 0.6) is 0 Å². The van der Waals surface area contributed by atoms with E-state index >= 15 is 0 Å². The number of hydrogen-bond donors (Lipinski definition) is 1. The van der Waals surface area contributed by atoms with E-state index in [4.69, 9.17) is 10.3 Å². The quantitative estimate of drug-likeness (QED) is 0.774. The van der Waals surface area contributed by atoms with Gasteiger partial charge in [-0.2, -0.15) is 4.98 Å². The standard InChI is InChI=1S/C14H11FN4O/c1-8-4-10(15)2-3-12(8)13-18-14(20-19-13)9-5-11(16)7-17-6-9/h2-7H,16H2,1H3. The van der Waals surface area contributed by atoms with E-state index in [-0.39, 0.29) is 5.82 Å². The van der Waals surface area contributed by atoms with Crippen molar-refractivity contribution in [2.75, 3.05) is 5.73 Å². The highest BCUT2D eigenvalue weighted by atomic mass is 19.1. The van der Waals surface area contributed by atoms with E-state index in [9.17, 15) is 4.39 Å². The molecule has 2 heterocycles. The lowest BCUT2D eigenvalue weighted by atomic mass is 10.1. The average Bonchev–Trinajstić information content (AvgIpc) is 2.88. The van der Waals surface area contributed by atoms with Crippen molar-refractivity contribution in [3.05, 3.63) is 48.0 Å². The molecule has 5 nitrogen and oxygen atoms in total. The number of nitrogens with two attached hydrogens (primary N) is 1. The minimum Gasteiger partial charge on any atom is -0.397 e. The Morgan fingerprint density at radius 2 is 2.05 bits per heavy atom. The molecule has 2 N–H and O–H groups in total. The van der Waals surface area contributed by atoms with Crippen LogP contribution in [0.4, 0.5) is 10.1 Å². The summed E-state index contributed by atoms with van der Waals surface area (Å²) in [6, 6.07) is 6.10. The zero-order chi connectivity index (χ0) is 14.1. The van der Waals surface area contributed by atoms with E-state index in [1.807, 2.05) is 0 Å². The average molecular weight is 270 g/mol. The van der Waals surface area contributed by atoms with Crippen molar-refractivity contribution in [3.63, 3.8) is 0 Å². The second-order valence-electron chi connectivity index (χ2n) is 4.39. The van der Waals surface area contributed by atoms with Gasteiger partial charge in [0.05, 0.1) is 11.3 Å². The maximum absolute atomic E-state index is 13.1. The molecule has 0 aliphatic heterocycles. The SMILES string of the molecule is Cc1cc(F)ccc1-c1noc(-c2cncc(N)c2)n1. The number of pyridine rings is 1. The molecular formula is C14H11FN4O. The topological polar surface area (TPSA) is 77.8 Å². The molecule has 0 saturated carbocycles. The minimum absolute atomic E-state index is 0.296. The fourth-order valence-corrected chi connectivity index (χ4v) is 1.90. The Morgan fingerprint density at radius 1 is 1.20 bits per heavy atom. The van der Waals surface area contributed by atoms with E-state index in [0.717, 1.165) is 11.1 Å². The lowest BCUT2D eigenvalue weighted by Gasteiger charge is -1.99. The largest absolute Gasteiger partial charge is 0.397 e. The van der Waals surface area contributed by atoms with Gasteiger partial charge in [0, 0.05) is 18.0 Å². The summed E-state index contributed by atoms with van der Waals surface area (Å²) in [5.74, 6) is 0.429. The Hall–Kier alpha value is -2.76. The van der Waals surface area contributed by atoms with Gasteiger partial charge < -0.3 is 10.3 Å². The number of rotatable bonds is 2. The molecule has 0 saturated heterocycles. The van der Waals surface area contributed by atoms with Crippen LogP contribution in [0.25, 0.3) is 22.8 Å². The molecule has 0 spiro atoms. The Bertz CT molecular complexity index is 769. The van der Waals surface area contributed by atoms with E-state index in [0.29, 0.717) is 23.0 Å². The summed E-state index contributed by atoms with van der Waals surface area (Å²) in [5, 5.41) is 3.91. The van der Waals surface area contributed by atoms with Crippen LogP contribution < -0.4 is 5.73 Å². The normalized spacial score (nSPS) is 10.7. The number of anilines is 1. The third-order valence-electron chi connectivity index (χ3n) is 2.86. The number of aryl methyl sites for hydroxylation is 1. The highest BCUT2D eigenvalue weighted by Crippen LogP contribution is 2.25. The Kier molecular flexibility index (Phi) is 2.90. The third kappa shape index (κ3) is 2.23. The van der Waals surface area contributed by atoms with Gasteiger partial charge in [0.2, 0.25) is 5.82 Å². The molecule has 100 valence electrons. The van der Waals surface area contributed by atoms with Crippen LogP contribution in [0.3, 0.4) is 0 Å². The van der Waals surface area contributed by atoms with Gasteiger partial charge in [0.1, 0.15) is 5.82 Å². The Morgan fingerprint density at radius 3 is 2.80 bits per heavy atom. The molecule has 0 amide bonds. The van der Waals surface area contributed by atoms with Crippen LogP contribution in [0.2, 0.25) is 0 Å². The van der Waals surface area contributed by atoms with Gasteiger partial charge in [-0.25, -0.2) is 4.39 Å². The van der Waals surface area contributed by atoms with Gasteiger partial charge in [0.15, 0.2) is 0 Å². The van der Waals surface area contributed by atoms with Crippen LogP contribution in [-0.2, 0) is 0 Å². The molecule has 1 aromatic carbocycles. The summed E-state index contributed by atoms with van der Waals surface area (Å²) in [7, 11) is 0. The molecular weight excluding hydrogens is 259 g/mol. The zero-order valence-corrected chi connectivity index (χ0v) is 10.7. The van der Waals surface area contributed by atoms with E-state index in [2.05, 4.69) is 15.1 Å². The number of nitrogens with zero attached hydrogens (tertiary/aromatic N) is 3. The molecule has 0 atom stereocenters. The van der Waals surface area contributed by atoms with Gasteiger partial charge in [-0.3, -0.25) is 4.98 Å². The van der Waals surface area contributed by atoms with Crippen LogP contribution in [-0.4, -0.2) is 15.1 Å². The first-order valence-electron chi connectivity index (χ1n) is 5.94. The van der Waals surface area contributed by atoms with Crippen molar-refractivity contribution < 1.29 is 8.91 Å². The summed E-state index contributed by atoms with van der Waals surface area (Å²) in [6.45, 7) is 1.79. The Labute approximate surface area is 114 Å². The van der Waals surface area contributed by atoms with Crippen molar-refractivity contribution in [3.8, 4) is 22.8 Å². The van der Waals surface area contributed by atoms with E-state index in [1.54, 1.807) is 25.3 Å². The van der Waals surface area contributed by atoms with E-state index in [1.165, 1.54) is 18.3 Å². The van der Waals surface area contributed by atoms with Gasteiger partial charge >= 0.3 is 0 Å². The van der Waals surface area contributed by atoms with Crippen LogP contribution >= 0.6 is 0 Å². The Balaban J connectivity index is 2.02. The highest BCUT2D eigenvalue weighted by molar-refractivity contribution is 5.63. The zero-order valence-electron chi connectivity index (χ0n) is 10.7. The van der Waals surface area contributed by atoms with Gasteiger partial charge in [-0.1, -0.05) is 5.16 Å². The lowest BCUT2D eigenvalue weighted by Crippen LogP contribution is -1.89. The molecule has 0 radical (unpaired) electrons. The molecule has 0 bridgehead atoms. The predicted molar refractivity (Wildman–Crippen MR) is 72.1 cm³/mol. The van der Waals surface area contributed by atoms with Crippen molar-refractivity contribution in [1.29, 1.82) is 0 Å². The van der Waals surface area contributed by atoms with E-state index < -0.39 is 0 Å². The predicted octanol–water partition coefficient (Wildman–Crippen LogP) is 2.83. The van der Waals surface area contributed by atoms with Crippen molar-refractivity contribution in [1.82, 2.24) is 15.1 Å². The van der Waals surface area contributed by atoms with Crippen molar-refractivity contribution >= 4 is 5.69 Å². The lowest BCUT2D eigenvalue weighted by molar-refractivity contribution is 0.432. The molecule has 0 fully saturated rings. The van der Waals surface area contributed by atoms with Crippen LogP contribution in [0, 0.1) is 12.7 Å². The molecule has 6 heteroatoms. The maximum atomic E-state index is 13.1. The molecule has 3 rings (SSSR count). The smallest absolute Gasteiger partial charge is 0.259 e. The molecule has 2 aromatic heterocycles. The number of aromatic nitrogens is 3. The number of nitrogen functional groups attached to an aromatic ring is 1. The van der Waals surface area contributed by atoms with Crippen LogP contribution in [0.1, 0.15) is 5.56 Å². The second-order valence-corrected chi connectivity index (χ2v) is 4.39. The summed E-state index contributed by atoms with van der Waals surface area (Å²) in [5.41, 5.74) is 8.28. The molecule has 20 heavy (non-hydrogen) atoms. The summed E-state index contributed by atoms with van der Waals surface area (Å²) < 4.78 is 18.3. The van der Waals surface area contributed by atoms with Gasteiger partial charge in [-0.15, -0.1) is 0 Å². The first-order valence-corrected chi connectivity index (χ1v) is 5.94. The molecule has 0 unspecified atom stereocenters. The third-order valence-corrected chi connectivity index (χ3v) is 2.86. The van der Waals surface area contributed by atoms with Crippen molar-refractivity contribution in [2.45, 2.75) is 6.92 Å². The molecule has 3 aromatic rings. The van der Waals surface area contributed by atoms with Gasteiger partial charge in [0.25, 0.3) is 5.89 Å². The monoisotopic (exact) mass is 270 g/mol. The number of halogens is 1.